The number of nitrogens with one attached hydrogen (secondary N) is 2. The van der Waals surface area contributed by atoms with E-state index in [1.165, 1.54) is 6.42 Å². The summed E-state index contributed by atoms with van der Waals surface area (Å²) in [5.74, 6) is 1.10. The van der Waals surface area contributed by atoms with E-state index in [1.54, 1.807) is 48.5 Å². The van der Waals surface area contributed by atoms with Gasteiger partial charge in [-0.2, -0.15) is 0 Å². The van der Waals surface area contributed by atoms with Crippen LogP contribution in [0, 0.1) is 11.8 Å². The Morgan fingerprint density at radius 3 is 1.13 bits per heavy atom. The minimum absolute atomic E-state index is 0.0744. The van der Waals surface area contributed by atoms with Gasteiger partial charge in [-0.15, -0.1) is 0 Å². The maximum Gasteiger partial charge on any atom is 0.196 e. The van der Waals surface area contributed by atoms with E-state index in [0.717, 1.165) is 62.7 Å². The molecule has 0 saturated heterocycles. The first-order chi connectivity index (χ1) is 23.0. The van der Waals surface area contributed by atoms with Gasteiger partial charge in [0.2, 0.25) is 0 Å². The Kier molecular flexibility index (Phi) is 7.59. The summed E-state index contributed by atoms with van der Waals surface area (Å²) in [6.07, 6.45) is 10.1. The summed E-state index contributed by atoms with van der Waals surface area (Å²) in [5.41, 5.74) is 5.54. The van der Waals surface area contributed by atoms with Gasteiger partial charge in [0.1, 0.15) is 0 Å². The lowest BCUT2D eigenvalue weighted by Crippen LogP contribution is -2.31. The van der Waals surface area contributed by atoms with Crippen LogP contribution in [0.15, 0.2) is 84.9 Å². The minimum Gasteiger partial charge on any atom is -0.382 e. The number of ketones is 4. The summed E-state index contributed by atoms with van der Waals surface area (Å²) < 4.78 is 0. The second-order valence-corrected chi connectivity index (χ2v) is 13.8. The molecule has 0 aromatic heterocycles. The summed E-state index contributed by atoms with van der Waals surface area (Å²) in [4.78, 5) is 53.2. The van der Waals surface area contributed by atoms with Crippen molar-refractivity contribution in [1.29, 1.82) is 0 Å². The third kappa shape index (κ3) is 5.30. The molecule has 0 spiro atoms. The molecule has 4 aromatic rings. The van der Waals surface area contributed by atoms with Crippen LogP contribution >= 0.6 is 0 Å². The number of carbonyl (C=O) groups excluding carboxylic acids is 4. The fourth-order valence-electron chi connectivity index (χ4n) is 8.53. The van der Waals surface area contributed by atoms with Gasteiger partial charge in [0, 0.05) is 56.8 Å². The first-order valence-corrected chi connectivity index (χ1v) is 17.1. The number of rotatable bonds is 6. The highest BCUT2D eigenvalue weighted by atomic mass is 16.1. The van der Waals surface area contributed by atoms with Gasteiger partial charge in [0.25, 0.3) is 0 Å². The van der Waals surface area contributed by atoms with Gasteiger partial charge in [0.15, 0.2) is 23.1 Å². The van der Waals surface area contributed by atoms with Crippen LogP contribution in [0.3, 0.4) is 0 Å². The van der Waals surface area contributed by atoms with Crippen LogP contribution in [0.5, 0.6) is 0 Å². The Morgan fingerprint density at radius 2 is 0.745 bits per heavy atom. The van der Waals surface area contributed by atoms with Crippen molar-refractivity contribution >= 4 is 34.5 Å². The topological polar surface area (TPSA) is 92.3 Å². The lowest BCUT2D eigenvalue weighted by Gasteiger charge is -2.35. The standard InChI is InChI=1S/C41H38N2O4/c44-38-28-7-1-3-9-30(28)40(46)36-32(38)11-5-13-34(36)42-26-19-15-24(16-20-26)23-25-17-21-27(22-18-25)43-35-14-6-12-33-37(35)41(47)31-10-4-2-8-29(31)39(33)45/h1-14,24-27,42-43H,15-23H2. The van der Waals surface area contributed by atoms with Crippen molar-refractivity contribution in [2.75, 3.05) is 10.6 Å². The lowest BCUT2D eigenvalue weighted by molar-refractivity contribution is 0.0979. The lowest BCUT2D eigenvalue weighted by atomic mass is 9.75. The van der Waals surface area contributed by atoms with Crippen LogP contribution < -0.4 is 10.6 Å². The molecule has 0 aliphatic heterocycles. The molecule has 4 aliphatic rings. The highest BCUT2D eigenvalue weighted by Crippen LogP contribution is 2.39. The predicted molar refractivity (Wildman–Crippen MR) is 183 cm³/mol. The number of hydrogen-bond acceptors (Lipinski definition) is 6. The predicted octanol–water partition coefficient (Wildman–Crippen LogP) is 8.27. The van der Waals surface area contributed by atoms with Crippen molar-refractivity contribution in [2.24, 2.45) is 11.8 Å². The molecule has 0 radical (unpaired) electrons. The van der Waals surface area contributed by atoms with Crippen LogP contribution in [0.2, 0.25) is 0 Å². The number of carbonyl (C=O) groups is 4. The van der Waals surface area contributed by atoms with Crippen LogP contribution in [0.25, 0.3) is 0 Å². The molecule has 0 atom stereocenters. The molecule has 0 unspecified atom stereocenters. The van der Waals surface area contributed by atoms with Gasteiger partial charge in [-0.1, -0.05) is 72.8 Å². The van der Waals surface area contributed by atoms with Crippen LogP contribution in [-0.4, -0.2) is 35.2 Å². The molecule has 2 saturated carbocycles. The van der Waals surface area contributed by atoms with Gasteiger partial charge < -0.3 is 10.6 Å². The molecule has 4 aliphatic carbocycles. The molecule has 8 rings (SSSR count). The maximum absolute atomic E-state index is 13.4. The number of anilines is 2. The second kappa shape index (κ2) is 12.1. The van der Waals surface area contributed by atoms with Gasteiger partial charge >= 0.3 is 0 Å². The summed E-state index contributed by atoms with van der Waals surface area (Å²) in [7, 11) is 0. The van der Waals surface area contributed by atoms with Crippen molar-refractivity contribution in [2.45, 2.75) is 69.9 Å². The highest BCUT2D eigenvalue weighted by Gasteiger charge is 2.34. The van der Waals surface area contributed by atoms with E-state index in [9.17, 15) is 19.2 Å². The monoisotopic (exact) mass is 622 g/mol. The Labute approximate surface area is 275 Å². The Balaban J connectivity index is 0.850. The molecule has 2 fully saturated rings. The Morgan fingerprint density at radius 1 is 0.404 bits per heavy atom. The maximum atomic E-state index is 13.4. The van der Waals surface area contributed by atoms with E-state index in [-0.39, 0.29) is 35.2 Å². The zero-order valence-corrected chi connectivity index (χ0v) is 26.4. The summed E-state index contributed by atoms with van der Waals surface area (Å²) in [5, 5.41) is 7.30. The summed E-state index contributed by atoms with van der Waals surface area (Å²) in [6, 6.07) is 26.0. The van der Waals surface area contributed by atoms with Crippen LogP contribution in [0.4, 0.5) is 11.4 Å². The number of benzene rings is 4. The van der Waals surface area contributed by atoms with Gasteiger partial charge in [-0.3, -0.25) is 19.2 Å². The molecule has 47 heavy (non-hydrogen) atoms. The van der Waals surface area contributed by atoms with Crippen molar-refractivity contribution in [3.63, 3.8) is 0 Å². The normalized spacial score (nSPS) is 23.3. The average Bonchev–Trinajstić information content (AvgIpc) is 3.11. The highest BCUT2D eigenvalue weighted by molar-refractivity contribution is 6.31. The molecule has 0 bridgehead atoms. The van der Waals surface area contributed by atoms with Crippen molar-refractivity contribution in [3.8, 4) is 0 Å². The van der Waals surface area contributed by atoms with E-state index in [0.29, 0.717) is 56.3 Å². The van der Waals surface area contributed by atoms with Gasteiger partial charge in [-0.25, -0.2) is 0 Å². The molecule has 6 heteroatoms. The number of fused-ring (bicyclic) bond motifs is 4. The minimum atomic E-state index is -0.0787. The van der Waals surface area contributed by atoms with E-state index in [1.807, 2.05) is 36.4 Å². The first kappa shape index (κ1) is 29.6. The fourth-order valence-corrected chi connectivity index (χ4v) is 8.53. The summed E-state index contributed by atoms with van der Waals surface area (Å²) >= 11 is 0. The van der Waals surface area contributed by atoms with E-state index >= 15 is 0 Å². The first-order valence-electron chi connectivity index (χ1n) is 17.1. The molecule has 236 valence electrons. The molecule has 0 amide bonds. The van der Waals surface area contributed by atoms with Crippen molar-refractivity contribution in [1.82, 2.24) is 0 Å². The zero-order chi connectivity index (χ0) is 32.1. The molecule has 6 nitrogen and oxygen atoms in total. The fraction of sp³-hybridized carbons (Fsp3) is 0.317. The van der Waals surface area contributed by atoms with Gasteiger partial charge in [0.05, 0.1) is 11.1 Å². The zero-order valence-electron chi connectivity index (χ0n) is 26.4. The van der Waals surface area contributed by atoms with Crippen molar-refractivity contribution < 1.29 is 19.2 Å². The molecular weight excluding hydrogens is 584 g/mol. The molecular formula is C41H38N2O4. The van der Waals surface area contributed by atoms with Crippen LogP contribution in [0.1, 0.15) is 121 Å². The van der Waals surface area contributed by atoms with E-state index in [4.69, 9.17) is 0 Å². The smallest absolute Gasteiger partial charge is 0.196 e. The number of hydrogen-bond donors (Lipinski definition) is 2. The Bertz CT molecular complexity index is 1790. The van der Waals surface area contributed by atoms with Crippen molar-refractivity contribution in [3.05, 3.63) is 129 Å². The Hall–Kier alpha value is -4.84. The third-order valence-electron chi connectivity index (χ3n) is 11.0. The third-order valence-corrected chi connectivity index (χ3v) is 11.0. The van der Waals surface area contributed by atoms with Crippen LogP contribution in [-0.2, 0) is 0 Å². The van der Waals surface area contributed by atoms with E-state index in [2.05, 4.69) is 10.6 Å². The quantitative estimate of drug-likeness (QED) is 0.194. The SMILES string of the molecule is O=C1c2ccccc2C(=O)c2c(NC3CCC(CC4CCC(Nc5cccc6c5C(=O)c5ccccc5C6=O)CC4)CC3)cccc21. The molecule has 0 heterocycles. The molecule has 2 N–H and O–H groups in total. The second-order valence-electron chi connectivity index (χ2n) is 13.8. The average molecular weight is 623 g/mol. The van der Waals surface area contributed by atoms with Gasteiger partial charge in [-0.05, 0) is 81.8 Å². The van der Waals surface area contributed by atoms with E-state index < -0.39 is 0 Å². The largest absolute Gasteiger partial charge is 0.382 e. The molecule has 4 aromatic carbocycles. The summed E-state index contributed by atoms with van der Waals surface area (Å²) in [6.45, 7) is 0.